The summed E-state index contributed by atoms with van der Waals surface area (Å²) in [5.74, 6) is 0.615. The average Bonchev–Trinajstić information content (AvgIpc) is 3.50. The Morgan fingerprint density at radius 2 is 1.74 bits per heavy atom. The summed E-state index contributed by atoms with van der Waals surface area (Å²) in [7, 11) is 1.92. The average molecular weight is 468 g/mol. The molecule has 0 spiro atoms. The summed E-state index contributed by atoms with van der Waals surface area (Å²) in [6.45, 7) is 5.36. The maximum absolute atomic E-state index is 14.8. The van der Waals surface area contributed by atoms with Crippen LogP contribution in [0.4, 0.5) is 10.1 Å². The number of likely N-dealkylation sites (tertiary alicyclic amines) is 1. The first-order valence-electron chi connectivity index (χ1n) is 11.6. The van der Waals surface area contributed by atoms with Crippen LogP contribution in [0.5, 0.6) is 0 Å². The number of nitrogens with zero attached hydrogens (tertiary/aromatic N) is 5. The minimum absolute atomic E-state index is 0.247. The molecule has 2 saturated heterocycles. The zero-order chi connectivity index (χ0) is 24.1. The summed E-state index contributed by atoms with van der Waals surface area (Å²) >= 11 is 0. The molecule has 2 aliphatic rings. The highest BCUT2D eigenvalue weighted by Gasteiger charge is 2.24. The third-order valence-electron chi connectivity index (χ3n) is 6.53. The van der Waals surface area contributed by atoms with Gasteiger partial charge in [0.2, 0.25) is 5.91 Å². The van der Waals surface area contributed by atoms with Crippen LogP contribution in [-0.2, 0) is 16.6 Å². The predicted molar refractivity (Wildman–Crippen MR) is 129 cm³/mol. The quantitative estimate of drug-likeness (QED) is 0.595. The number of hydrogen-bond acceptors (Lipinski definition) is 5. The molecule has 1 amide bonds. The fraction of sp³-hybridized carbons (Fsp3) is 0.400. The molecule has 0 saturated carbocycles. The smallest absolute Gasteiger partial charge is 0.290 e. The van der Waals surface area contributed by atoms with E-state index in [1.807, 2.05) is 52.9 Å². The molecule has 3 heterocycles. The third-order valence-corrected chi connectivity index (χ3v) is 6.53. The van der Waals surface area contributed by atoms with Crippen molar-refractivity contribution in [1.29, 1.82) is 0 Å². The number of halogens is 1. The first-order chi connectivity index (χ1) is 16.5. The molecule has 5 rings (SSSR count). The van der Waals surface area contributed by atoms with Crippen molar-refractivity contribution in [3.05, 3.63) is 48.3 Å². The van der Waals surface area contributed by atoms with Crippen molar-refractivity contribution in [1.82, 2.24) is 19.4 Å². The second-order valence-electron chi connectivity index (χ2n) is 8.60. The Morgan fingerprint density at radius 3 is 2.41 bits per heavy atom. The summed E-state index contributed by atoms with van der Waals surface area (Å²) in [6, 6.07) is 13.1. The lowest BCUT2D eigenvalue weighted by molar-refractivity contribution is -0.131. The molecule has 1 aromatic heterocycles. The SMILES string of the molecule is Cn1c(-c2cc(N3CCN(CC(=O)N4CCCC4)CC3)ccc2F)nc2ccccc21.O=CO. The number of carbonyl (C=O) groups is 2. The molecule has 8 nitrogen and oxygen atoms in total. The van der Waals surface area contributed by atoms with E-state index >= 15 is 0 Å². The topological polar surface area (TPSA) is 81.9 Å². The van der Waals surface area contributed by atoms with Gasteiger partial charge in [-0.15, -0.1) is 0 Å². The molecule has 34 heavy (non-hydrogen) atoms. The molecule has 0 radical (unpaired) electrons. The van der Waals surface area contributed by atoms with E-state index in [2.05, 4.69) is 14.8 Å². The monoisotopic (exact) mass is 467 g/mol. The van der Waals surface area contributed by atoms with Gasteiger partial charge < -0.3 is 19.5 Å². The number of fused-ring (bicyclic) bond motifs is 1. The van der Waals surface area contributed by atoms with Crippen LogP contribution in [0.2, 0.25) is 0 Å². The Hall–Kier alpha value is -3.46. The number of amides is 1. The first kappa shape index (κ1) is 23.7. The van der Waals surface area contributed by atoms with Crippen LogP contribution in [0, 0.1) is 5.82 Å². The molecule has 0 bridgehead atoms. The number of anilines is 1. The number of para-hydroxylation sites is 2. The molecular formula is C25H30FN5O3. The van der Waals surface area contributed by atoms with Crippen molar-refractivity contribution >= 4 is 29.1 Å². The van der Waals surface area contributed by atoms with Gasteiger partial charge in [0.25, 0.3) is 6.47 Å². The van der Waals surface area contributed by atoms with Gasteiger partial charge in [-0.3, -0.25) is 14.5 Å². The normalized spacial score (nSPS) is 16.4. The molecule has 180 valence electrons. The molecule has 2 aromatic carbocycles. The van der Waals surface area contributed by atoms with Crippen LogP contribution < -0.4 is 4.90 Å². The van der Waals surface area contributed by atoms with Crippen LogP contribution in [0.3, 0.4) is 0 Å². The maximum Gasteiger partial charge on any atom is 0.290 e. The second kappa shape index (κ2) is 10.6. The van der Waals surface area contributed by atoms with Crippen LogP contribution in [0.25, 0.3) is 22.4 Å². The van der Waals surface area contributed by atoms with E-state index in [9.17, 15) is 9.18 Å². The van der Waals surface area contributed by atoms with Gasteiger partial charge in [0.05, 0.1) is 23.1 Å². The van der Waals surface area contributed by atoms with Gasteiger partial charge in [-0.05, 0) is 43.2 Å². The molecule has 9 heteroatoms. The van der Waals surface area contributed by atoms with Crippen LogP contribution in [0.15, 0.2) is 42.5 Å². The van der Waals surface area contributed by atoms with E-state index in [1.54, 1.807) is 0 Å². The van der Waals surface area contributed by atoms with E-state index < -0.39 is 0 Å². The van der Waals surface area contributed by atoms with Crippen molar-refractivity contribution in [3.8, 4) is 11.4 Å². The van der Waals surface area contributed by atoms with Crippen LogP contribution >= 0.6 is 0 Å². The Bertz CT molecular complexity index is 1150. The standard InChI is InChI=1S/C24H28FN5O.CH2O2/c1-27-22-7-3-2-6-21(22)26-24(27)19-16-18(8-9-20(19)25)29-14-12-28(13-15-29)17-23(31)30-10-4-5-11-30;2-1-3/h2-3,6-9,16H,4-5,10-15,17H2,1H3;1H,(H,2,3). The fourth-order valence-electron chi connectivity index (χ4n) is 4.69. The molecule has 2 aliphatic heterocycles. The number of carbonyl (C=O) groups excluding carboxylic acids is 1. The highest BCUT2D eigenvalue weighted by Crippen LogP contribution is 2.30. The number of aromatic nitrogens is 2. The van der Waals surface area contributed by atoms with Gasteiger partial charge >= 0.3 is 0 Å². The van der Waals surface area contributed by atoms with Crippen molar-refractivity contribution in [2.45, 2.75) is 12.8 Å². The van der Waals surface area contributed by atoms with Gasteiger partial charge in [0.1, 0.15) is 11.6 Å². The number of aryl methyl sites for hydroxylation is 1. The van der Waals surface area contributed by atoms with Crippen LogP contribution in [0.1, 0.15) is 12.8 Å². The van der Waals surface area contributed by atoms with Gasteiger partial charge in [-0.25, -0.2) is 9.37 Å². The number of imidazole rings is 1. The highest BCUT2D eigenvalue weighted by atomic mass is 19.1. The Kier molecular flexibility index (Phi) is 7.42. The molecule has 0 aliphatic carbocycles. The van der Waals surface area contributed by atoms with Gasteiger partial charge in [0, 0.05) is 52.0 Å². The van der Waals surface area contributed by atoms with E-state index in [0.717, 1.165) is 68.8 Å². The Morgan fingerprint density at radius 1 is 1.06 bits per heavy atom. The minimum atomic E-state index is -0.267. The van der Waals surface area contributed by atoms with Gasteiger partial charge in [-0.2, -0.15) is 0 Å². The van der Waals surface area contributed by atoms with Gasteiger partial charge in [0.15, 0.2) is 0 Å². The lowest BCUT2D eigenvalue weighted by atomic mass is 10.1. The van der Waals surface area contributed by atoms with Crippen LogP contribution in [-0.4, -0.2) is 82.7 Å². The summed E-state index contributed by atoms with van der Waals surface area (Å²) in [6.07, 6.45) is 2.25. The minimum Gasteiger partial charge on any atom is -0.483 e. The number of carboxylic acid groups (broad SMARTS) is 1. The Labute approximate surface area is 198 Å². The van der Waals surface area contributed by atoms with Gasteiger partial charge in [-0.1, -0.05) is 12.1 Å². The van der Waals surface area contributed by atoms with E-state index in [0.29, 0.717) is 17.9 Å². The predicted octanol–water partition coefficient (Wildman–Crippen LogP) is 2.82. The first-order valence-corrected chi connectivity index (χ1v) is 11.6. The molecule has 0 atom stereocenters. The largest absolute Gasteiger partial charge is 0.483 e. The Balaban J connectivity index is 0.000000868. The highest BCUT2D eigenvalue weighted by molar-refractivity contribution is 5.81. The molecule has 1 N–H and O–H groups in total. The van der Waals surface area contributed by atoms with Crippen molar-refractivity contribution in [2.75, 3.05) is 50.7 Å². The summed E-state index contributed by atoms with van der Waals surface area (Å²) in [5.41, 5.74) is 3.36. The zero-order valence-electron chi connectivity index (χ0n) is 19.4. The number of rotatable bonds is 4. The number of piperazine rings is 1. The summed E-state index contributed by atoms with van der Waals surface area (Å²) in [4.78, 5) is 31.9. The van der Waals surface area contributed by atoms with Crippen molar-refractivity contribution in [3.63, 3.8) is 0 Å². The number of benzene rings is 2. The van der Waals surface area contributed by atoms with Crippen molar-refractivity contribution in [2.24, 2.45) is 7.05 Å². The molecule has 0 unspecified atom stereocenters. The zero-order valence-corrected chi connectivity index (χ0v) is 19.4. The fourth-order valence-corrected chi connectivity index (χ4v) is 4.69. The van der Waals surface area contributed by atoms with Crippen molar-refractivity contribution < 1.29 is 19.1 Å². The maximum atomic E-state index is 14.8. The van der Waals surface area contributed by atoms with E-state index in [4.69, 9.17) is 9.90 Å². The molecule has 2 fully saturated rings. The lowest BCUT2D eigenvalue weighted by Crippen LogP contribution is -2.49. The van der Waals surface area contributed by atoms with E-state index in [1.165, 1.54) is 6.07 Å². The molecular weight excluding hydrogens is 437 g/mol. The number of hydrogen-bond donors (Lipinski definition) is 1. The molecule has 3 aromatic rings. The second-order valence-corrected chi connectivity index (χ2v) is 8.60. The van der Waals surface area contributed by atoms with E-state index in [-0.39, 0.29) is 18.2 Å². The lowest BCUT2D eigenvalue weighted by Gasteiger charge is -2.36. The third kappa shape index (κ3) is 5.04. The summed E-state index contributed by atoms with van der Waals surface area (Å²) in [5, 5.41) is 6.89. The summed E-state index contributed by atoms with van der Waals surface area (Å²) < 4.78 is 16.7.